The number of carbonyl (C=O) groups excluding carboxylic acids is 1. The van der Waals surface area contributed by atoms with Crippen LogP contribution in [-0.2, 0) is 9.53 Å². The van der Waals surface area contributed by atoms with Gasteiger partial charge in [0, 0.05) is 23.2 Å². The fourth-order valence-corrected chi connectivity index (χ4v) is 3.44. The molecule has 0 aliphatic rings. The first-order valence-corrected chi connectivity index (χ1v) is 9.09. The van der Waals surface area contributed by atoms with E-state index in [4.69, 9.17) is 21.7 Å². The Balaban J connectivity index is 1.93. The predicted molar refractivity (Wildman–Crippen MR) is 110 cm³/mol. The van der Waals surface area contributed by atoms with Gasteiger partial charge in [0.15, 0.2) is 0 Å². The number of fused-ring (bicyclic) bond motifs is 1. The van der Waals surface area contributed by atoms with E-state index >= 15 is 0 Å². The Bertz CT molecular complexity index is 1040. The lowest BCUT2D eigenvalue weighted by molar-refractivity contribution is -0.144. The van der Waals surface area contributed by atoms with Crippen molar-refractivity contribution >= 4 is 29.1 Å². The standard InChI is InChI=1S/C22H21NO3S/c1-4-21(24)26-14-25-18-11-9-16(10-12-18)19-13-17-7-5-6-8-20(17)23(15(2)3)22(19)27/h4-13,15H,1,14H2,2-3H3. The third kappa shape index (κ3) is 4.09. The Labute approximate surface area is 163 Å². The van der Waals surface area contributed by atoms with Crippen LogP contribution in [-0.4, -0.2) is 17.3 Å². The maximum atomic E-state index is 11.0. The number of pyridine rings is 1. The molecule has 4 nitrogen and oxygen atoms in total. The minimum Gasteiger partial charge on any atom is -0.457 e. The van der Waals surface area contributed by atoms with Crippen molar-refractivity contribution in [2.45, 2.75) is 19.9 Å². The summed E-state index contributed by atoms with van der Waals surface area (Å²) >= 11 is 5.79. The smallest absolute Gasteiger partial charge is 0.333 e. The lowest BCUT2D eigenvalue weighted by Crippen LogP contribution is -2.07. The molecule has 3 rings (SSSR count). The van der Waals surface area contributed by atoms with Gasteiger partial charge in [0.25, 0.3) is 0 Å². The summed E-state index contributed by atoms with van der Waals surface area (Å²) in [5.74, 6) is 0.0934. The van der Waals surface area contributed by atoms with E-state index in [-0.39, 0.29) is 12.8 Å². The third-order valence-electron chi connectivity index (χ3n) is 4.22. The Kier molecular flexibility index (Phi) is 5.72. The second-order valence-corrected chi connectivity index (χ2v) is 6.73. The van der Waals surface area contributed by atoms with Crippen LogP contribution >= 0.6 is 12.2 Å². The number of hydrogen-bond acceptors (Lipinski definition) is 4. The fraction of sp³-hybridized carbons (Fsp3) is 0.182. The Morgan fingerprint density at radius 3 is 2.56 bits per heavy atom. The van der Waals surface area contributed by atoms with E-state index in [0.717, 1.165) is 32.7 Å². The summed E-state index contributed by atoms with van der Waals surface area (Å²) in [5, 5.41) is 1.14. The second-order valence-electron chi connectivity index (χ2n) is 6.34. The van der Waals surface area contributed by atoms with Gasteiger partial charge in [-0.3, -0.25) is 0 Å². The van der Waals surface area contributed by atoms with Crippen molar-refractivity contribution in [3.05, 3.63) is 71.9 Å². The highest BCUT2D eigenvalue weighted by atomic mass is 32.1. The molecule has 0 aliphatic carbocycles. The van der Waals surface area contributed by atoms with Gasteiger partial charge >= 0.3 is 5.97 Å². The fourth-order valence-electron chi connectivity index (χ4n) is 2.95. The van der Waals surface area contributed by atoms with Crippen LogP contribution in [0.4, 0.5) is 0 Å². The maximum absolute atomic E-state index is 11.0. The molecule has 0 bridgehead atoms. The molecule has 0 saturated heterocycles. The monoisotopic (exact) mass is 379 g/mol. The molecule has 27 heavy (non-hydrogen) atoms. The van der Waals surface area contributed by atoms with E-state index < -0.39 is 5.97 Å². The third-order valence-corrected chi connectivity index (χ3v) is 4.64. The van der Waals surface area contributed by atoms with Crippen LogP contribution in [0.2, 0.25) is 0 Å². The molecule has 0 saturated carbocycles. The summed E-state index contributed by atoms with van der Waals surface area (Å²) in [7, 11) is 0. The quantitative estimate of drug-likeness (QED) is 0.239. The zero-order valence-corrected chi connectivity index (χ0v) is 16.2. The molecule has 0 atom stereocenters. The molecule has 3 aromatic rings. The molecule has 5 heteroatoms. The maximum Gasteiger partial charge on any atom is 0.333 e. The van der Waals surface area contributed by atoms with Crippen LogP contribution in [0.15, 0.2) is 67.3 Å². The van der Waals surface area contributed by atoms with Crippen molar-refractivity contribution in [2.75, 3.05) is 6.79 Å². The van der Waals surface area contributed by atoms with Gasteiger partial charge in [-0.2, -0.15) is 0 Å². The lowest BCUT2D eigenvalue weighted by Gasteiger charge is -2.18. The van der Waals surface area contributed by atoms with Crippen LogP contribution in [0.1, 0.15) is 19.9 Å². The number of hydrogen-bond donors (Lipinski definition) is 0. The molecule has 0 spiro atoms. The van der Waals surface area contributed by atoms with Crippen molar-refractivity contribution in [2.24, 2.45) is 0 Å². The number of ether oxygens (including phenoxy) is 2. The molecule has 0 unspecified atom stereocenters. The molecule has 0 N–H and O–H groups in total. The molecular formula is C22H21NO3S. The largest absolute Gasteiger partial charge is 0.457 e. The zero-order valence-electron chi connectivity index (χ0n) is 15.3. The minimum absolute atomic E-state index is 0.153. The van der Waals surface area contributed by atoms with Gasteiger partial charge in [0.05, 0.1) is 0 Å². The van der Waals surface area contributed by atoms with Crippen molar-refractivity contribution < 1.29 is 14.3 Å². The first-order chi connectivity index (χ1) is 13.0. The second kappa shape index (κ2) is 8.18. The molecule has 138 valence electrons. The highest BCUT2D eigenvalue weighted by molar-refractivity contribution is 7.71. The summed E-state index contributed by atoms with van der Waals surface area (Å²) in [4.78, 5) is 11.0. The first kappa shape index (κ1) is 18.9. The van der Waals surface area contributed by atoms with E-state index in [9.17, 15) is 4.79 Å². The predicted octanol–water partition coefficient (Wildman–Crippen LogP) is 5.68. The molecule has 1 heterocycles. The molecule has 0 fully saturated rings. The lowest BCUT2D eigenvalue weighted by atomic mass is 10.0. The minimum atomic E-state index is -0.517. The number of aromatic nitrogens is 1. The van der Waals surface area contributed by atoms with E-state index in [0.29, 0.717) is 5.75 Å². The van der Waals surface area contributed by atoms with E-state index in [2.05, 4.69) is 43.2 Å². The van der Waals surface area contributed by atoms with Crippen LogP contribution in [0, 0.1) is 4.64 Å². The number of carbonyl (C=O) groups is 1. The number of esters is 1. The average molecular weight is 379 g/mol. The van der Waals surface area contributed by atoms with Gasteiger partial charge in [-0.05, 0) is 49.1 Å². The summed E-state index contributed by atoms with van der Waals surface area (Å²) in [6.45, 7) is 7.45. The Morgan fingerprint density at radius 1 is 1.19 bits per heavy atom. The van der Waals surface area contributed by atoms with Gasteiger partial charge < -0.3 is 14.0 Å². The summed E-state index contributed by atoms with van der Waals surface area (Å²) in [6, 6.07) is 18.2. The Morgan fingerprint density at radius 2 is 1.89 bits per heavy atom. The van der Waals surface area contributed by atoms with Crippen molar-refractivity contribution in [3.63, 3.8) is 0 Å². The van der Waals surface area contributed by atoms with Crippen LogP contribution in [0.25, 0.3) is 22.0 Å². The molecular weight excluding hydrogens is 358 g/mol. The van der Waals surface area contributed by atoms with Crippen LogP contribution < -0.4 is 4.74 Å². The van der Waals surface area contributed by atoms with Crippen LogP contribution in [0.5, 0.6) is 5.75 Å². The number of para-hydroxylation sites is 1. The highest BCUT2D eigenvalue weighted by Gasteiger charge is 2.10. The topological polar surface area (TPSA) is 40.5 Å². The Hall–Kier alpha value is -2.92. The molecule has 1 aromatic heterocycles. The average Bonchev–Trinajstić information content (AvgIpc) is 2.67. The number of rotatable bonds is 6. The summed E-state index contributed by atoms with van der Waals surface area (Å²) in [6.07, 6.45) is 1.10. The zero-order chi connectivity index (χ0) is 19.4. The number of nitrogens with zero attached hydrogens (tertiary/aromatic N) is 1. The SMILES string of the molecule is C=CC(=O)OCOc1ccc(-c2cc3ccccc3n(C(C)C)c2=S)cc1. The normalized spacial score (nSPS) is 10.8. The number of benzene rings is 2. The highest BCUT2D eigenvalue weighted by Crippen LogP contribution is 2.29. The van der Waals surface area contributed by atoms with Gasteiger partial charge in [0.2, 0.25) is 6.79 Å². The van der Waals surface area contributed by atoms with Crippen molar-refractivity contribution in [1.29, 1.82) is 0 Å². The van der Waals surface area contributed by atoms with Crippen LogP contribution in [0.3, 0.4) is 0 Å². The molecule has 0 radical (unpaired) electrons. The van der Waals surface area contributed by atoms with Gasteiger partial charge in [-0.1, -0.05) is 49.1 Å². The van der Waals surface area contributed by atoms with Gasteiger partial charge in [-0.25, -0.2) is 4.79 Å². The summed E-state index contributed by atoms with van der Waals surface area (Å²) in [5.41, 5.74) is 3.14. The molecule has 0 aliphatic heterocycles. The van der Waals surface area contributed by atoms with E-state index in [1.807, 2.05) is 36.4 Å². The van der Waals surface area contributed by atoms with Gasteiger partial charge in [0.1, 0.15) is 10.4 Å². The molecule has 0 amide bonds. The first-order valence-electron chi connectivity index (χ1n) is 8.68. The van der Waals surface area contributed by atoms with Crippen molar-refractivity contribution in [1.82, 2.24) is 4.57 Å². The van der Waals surface area contributed by atoms with E-state index in [1.165, 1.54) is 0 Å². The van der Waals surface area contributed by atoms with Gasteiger partial charge in [-0.15, -0.1) is 0 Å². The van der Waals surface area contributed by atoms with Crippen molar-refractivity contribution in [3.8, 4) is 16.9 Å². The van der Waals surface area contributed by atoms with E-state index in [1.54, 1.807) is 0 Å². The molecule has 2 aromatic carbocycles. The summed E-state index contributed by atoms with van der Waals surface area (Å²) < 4.78 is 13.2.